The molecule has 118 valence electrons. The Labute approximate surface area is 124 Å². The maximum absolute atomic E-state index is 12.8. The van der Waals surface area contributed by atoms with Crippen molar-refractivity contribution in [2.45, 2.75) is 19.4 Å². The summed E-state index contributed by atoms with van der Waals surface area (Å²) in [5.74, 6) is 0.00985. The predicted octanol–water partition coefficient (Wildman–Crippen LogP) is 1.65. The molecule has 0 unspecified atom stereocenters. The first-order chi connectivity index (χ1) is 10.0. The zero-order valence-electron chi connectivity index (χ0n) is 12.0. The molecule has 1 atom stereocenters. The molecule has 0 spiro atoms. The third kappa shape index (κ3) is 4.39. The molecule has 1 saturated heterocycles. The van der Waals surface area contributed by atoms with Crippen LogP contribution in [0.4, 0.5) is 4.39 Å². The van der Waals surface area contributed by atoms with E-state index < -0.39 is 10.0 Å². The fraction of sp³-hybridized carbons (Fsp3) is 0.571. The van der Waals surface area contributed by atoms with Crippen LogP contribution < -0.4 is 4.74 Å². The van der Waals surface area contributed by atoms with E-state index in [9.17, 15) is 12.8 Å². The Morgan fingerprint density at radius 2 is 2.10 bits per heavy atom. The Kier molecular flexibility index (Phi) is 5.55. The quantitative estimate of drug-likeness (QED) is 0.800. The predicted molar refractivity (Wildman–Crippen MR) is 77.3 cm³/mol. The van der Waals surface area contributed by atoms with Crippen molar-refractivity contribution in [3.05, 3.63) is 30.1 Å². The summed E-state index contributed by atoms with van der Waals surface area (Å²) in [5.41, 5.74) is 0. The molecule has 0 aromatic heterocycles. The molecule has 0 saturated carbocycles. The molecule has 1 fully saturated rings. The molecule has 0 amide bonds. The maximum Gasteiger partial charge on any atom is 0.217 e. The lowest BCUT2D eigenvalue weighted by molar-refractivity contribution is 0.0313. The summed E-state index contributed by atoms with van der Waals surface area (Å²) in [6.45, 7) is 3.24. The summed E-state index contributed by atoms with van der Waals surface area (Å²) >= 11 is 0. The first-order valence-electron chi connectivity index (χ1n) is 6.98. The van der Waals surface area contributed by atoms with Gasteiger partial charge in [0.1, 0.15) is 18.2 Å². The highest BCUT2D eigenvalue weighted by molar-refractivity contribution is 7.89. The molecule has 7 heteroatoms. The van der Waals surface area contributed by atoms with Crippen molar-refractivity contribution in [3.8, 4) is 5.75 Å². The normalized spacial score (nSPS) is 20.4. The van der Waals surface area contributed by atoms with Crippen LogP contribution in [0.1, 0.15) is 13.3 Å². The smallest absolute Gasteiger partial charge is 0.217 e. The third-order valence-electron chi connectivity index (χ3n) is 3.43. The van der Waals surface area contributed by atoms with Gasteiger partial charge in [-0.1, -0.05) is 6.92 Å². The number of hydrogen-bond donors (Lipinski definition) is 0. The summed E-state index contributed by atoms with van der Waals surface area (Å²) in [7, 11) is -3.37. The number of nitrogens with zero attached hydrogens (tertiary/aromatic N) is 1. The Balaban J connectivity index is 1.90. The van der Waals surface area contributed by atoms with Gasteiger partial charge in [-0.25, -0.2) is 12.8 Å². The molecule has 0 aliphatic carbocycles. The van der Waals surface area contributed by atoms with Crippen molar-refractivity contribution in [1.29, 1.82) is 0 Å². The molecule has 5 nitrogen and oxygen atoms in total. The van der Waals surface area contributed by atoms with Gasteiger partial charge in [0, 0.05) is 12.6 Å². The maximum atomic E-state index is 12.8. The standard InChI is InChI=1S/C14H20FNO4S/c1-2-13-11-19-8-7-16(13)21(17,18)10-9-20-14-5-3-12(15)4-6-14/h3-6,13H,2,7-11H2,1H3/t13-/m0/s1. The van der Waals surface area contributed by atoms with Crippen LogP contribution in [-0.2, 0) is 14.8 Å². The molecule has 1 heterocycles. The van der Waals surface area contributed by atoms with Crippen LogP contribution in [-0.4, -0.2) is 50.9 Å². The van der Waals surface area contributed by atoms with E-state index in [0.29, 0.717) is 25.5 Å². The van der Waals surface area contributed by atoms with Gasteiger partial charge in [-0.3, -0.25) is 0 Å². The molecule has 1 aliphatic heterocycles. The van der Waals surface area contributed by atoms with Crippen LogP contribution in [0.15, 0.2) is 24.3 Å². The average Bonchev–Trinajstić information content (AvgIpc) is 2.49. The minimum atomic E-state index is -3.37. The van der Waals surface area contributed by atoms with Gasteiger partial charge in [0.05, 0.1) is 19.0 Å². The van der Waals surface area contributed by atoms with E-state index in [1.54, 1.807) is 0 Å². The molecular weight excluding hydrogens is 297 g/mol. The first kappa shape index (κ1) is 16.2. The minimum absolute atomic E-state index is 0.0434. The fourth-order valence-electron chi connectivity index (χ4n) is 2.24. The van der Waals surface area contributed by atoms with Crippen LogP contribution in [0.25, 0.3) is 0 Å². The van der Waals surface area contributed by atoms with Gasteiger partial charge in [-0.15, -0.1) is 0 Å². The third-order valence-corrected chi connectivity index (χ3v) is 5.30. The van der Waals surface area contributed by atoms with Gasteiger partial charge in [-0.2, -0.15) is 4.31 Å². The van der Waals surface area contributed by atoms with Gasteiger partial charge in [0.25, 0.3) is 0 Å². The average molecular weight is 317 g/mol. The van der Waals surface area contributed by atoms with Crippen molar-refractivity contribution in [3.63, 3.8) is 0 Å². The van der Waals surface area contributed by atoms with E-state index in [1.165, 1.54) is 28.6 Å². The van der Waals surface area contributed by atoms with Gasteiger partial charge in [0.15, 0.2) is 0 Å². The summed E-state index contributed by atoms with van der Waals surface area (Å²) in [6.07, 6.45) is 0.720. The number of hydrogen-bond acceptors (Lipinski definition) is 4. The summed E-state index contributed by atoms with van der Waals surface area (Å²) in [6, 6.07) is 5.41. The monoisotopic (exact) mass is 317 g/mol. The van der Waals surface area contributed by atoms with Crippen molar-refractivity contribution in [1.82, 2.24) is 4.31 Å². The van der Waals surface area contributed by atoms with Crippen molar-refractivity contribution in [2.24, 2.45) is 0 Å². The Hall–Kier alpha value is -1.18. The van der Waals surface area contributed by atoms with Gasteiger partial charge < -0.3 is 9.47 Å². The summed E-state index contributed by atoms with van der Waals surface area (Å²) < 4.78 is 49.6. The van der Waals surface area contributed by atoms with Crippen LogP contribution >= 0.6 is 0 Å². The van der Waals surface area contributed by atoms with Crippen molar-refractivity contribution >= 4 is 10.0 Å². The van der Waals surface area contributed by atoms with Crippen LogP contribution in [0, 0.1) is 5.82 Å². The van der Waals surface area contributed by atoms with E-state index in [1.807, 2.05) is 6.92 Å². The Morgan fingerprint density at radius 3 is 2.76 bits per heavy atom. The minimum Gasteiger partial charge on any atom is -0.492 e. The topological polar surface area (TPSA) is 55.8 Å². The second kappa shape index (κ2) is 7.20. The molecule has 1 aliphatic rings. The lowest BCUT2D eigenvalue weighted by Crippen LogP contribution is -2.49. The number of ether oxygens (including phenoxy) is 2. The van der Waals surface area contributed by atoms with Gasteiger partial charge >= 0.3 is 0 Å². The van der Waals surface area contributed by atoms with Gasteiger partial charge in [-0.05, 0) is 30.7 Å². The van der Waals surface area contributed by atoms with E-state index in [-0.39, 0.29) is 24.2 Å². The molecule has 1 aromatic rings. The molecule has 2 rings (SSSR count). The first-order valence-corrected chi connectivity index (χ1v) is 8.59. The van der Waals surface area contributed by atoms with Crippen molar-refractivity contribution < 1.29 is 22.3 Å². The van der Waals surface area contributed by atoms with Crippen LogP contribution in [0.2, 0.25) is 0 Å². The Morgan fingerprint density at radius 1 is 1.38 bits per heavy atom. The molecule has 1 aromatic carbocycles. The fourth-order valence-corrected chi connectivity index (χ4v) is 3.79. The lowest BCUT2D eigenvalue weighted by atomic mass is 10.2. The van der Waals surface area contributed by atoms with E-state index >= 15 is 0 Å². The largest absolute Gasteiger partial charge is 0.492 e. The molecule has 0 radical (unpaired) electrons. The van der Waals surface area contributed by atoms with Crippen molar-refractivity contribution in [2.75, 3.05) is 32.1 Å². The van der Waals surface area contributed by atoms with E-state index in [4.69, 9.17) is 9.47 Å². The summed E-state index contributed by atoms with van der Waals surface area (Å²) in [4.78, 5) is 0. The molecule has 0 N–H and O–H groups in total. The van der Waals surface area contributed by atoms with E-state index in [2.05, 4.69) is 0 Å². The Bertz CT molecular complexity index is 547. The molecular formula is C14H20FNO4S. The van der Waals surface area contributed by atoms with E-state index in [0.717, 1.165) is 6.42 Å². The highest BCUT2D eigenvalue weighted by atomic mass is 32.2. The number of sulfonamides is 1. The second-order valence-corrected chi connectivity index (χ2v) is 6.91. The number of rotatable bonds is 6. The lowest BCUT2D eigenvalue weighted by Gasteiger charge is -2.33. The summed E-state index contributed by atoms with van der Waals surface area (Å²) in [5, 5.41) is 0. The second-order valence-electron chi connectivity index (χ2n) is 4.87. The van der Waals surface area contributed by atoms with Gasteiger partial charge in [0.2, 0.25) is 10.0 Å². The zero-order chi connectivity index (χ0) is 15.3. The SMILES string of the molecule is CC[C@H]1COCCN1S(=O)(=O)CCOc1ccc(F)cc1. The van der Waals surface area contributed by atoms with Crippen LogP contribution in [0.3, 0.4) is 0 Å². The number of halogens is 1. The number of morpholine rings is 1. The van der Waals surface area contributed by atoms with Crippen LogP contribution in [0.5, 0.6) is 5.75 Å². The highest BCUT2D eigenvalue weighted by Crippen LogP contribution is 2.16. The number of benzene rings is 1. The molecule has 0 bridgehead atoms. The molecule has 21 heavy (non-hydrogen) atoms. The zero-order valence-corrected chi connectivity index (χ0v) is 12.8. The highest BCUT2D eigenvalue weighted by Gasteiger charge is 2.31.